The molecule has 0 radical (unpaired) electrons. The van der Waals surface area contributed by atoms with Gasteiger partial charge in [-0.25, -0.2) is 8.42 Å². The van der Waals surface area contributed by atoms with E-state index in [-0.39, 0.29) is 5.69 Å². The third-order valence-electron chi connectivity index (χ3n) is 3.75. The molecule has 0 spiro atoms. The zero-order valence-electron chi connectivity index (χ0n) is 15.0. The molecule has 0 heterocycles. The van der Waals surface area contributed by atoms with Crippen molar-refractivity contribution in [2.24, 2.45) is 5.92 Å². The van der Waals surface area contributed by atoms with Gasteiger partial charge in [0.1, 0.15) is 5.75 Å². The van der Waals surface area contributed by atoms with Crippen LogP contribution in [0.15, 0.2) is 24.3 Å². The van der Waals surface area contributed by atoms with Gasteiger partial charge in [0, 0.05) is 11.6 Å². The summed E-state index contributed by atoms with van der Waals surface area (Å²) in [4.78, 5) is 11.7. The topological polar surface area (TPSA) is 130 Å². The van der Waals surface area contributed by atoms with Crippen molar-refractivity contribution in [3.05, 3.63) is 24.3 Å². The van der Waals surface area contributed by atoms with Crippen LogP contribution in [0.1, 0.15) is 20.3 Å². The summed E-state index contributed by atoms with van der Waals surface area (Å²) in [6.07, 6.45) is 0.471. The Morgan fingerprint density at radius 3 is 1.90 bits per heavy atom. The van der Waals surface area contributed by atoms with E-state index in [1.54, 1.807) is 13.8 Å². The molecule has 0 bridgehead atoms. The van der Waals surface area contributed by atoms with Crippen LogP contribution < -0.4 is 9.50 Å². The summed E-state index contributed by atoms with van der Waals surface area (Å²) in [6, 6.07) is 3.11. The molecule has 0 fully saturated rings. The molecule has 1 aromatic rings. The predicted octanol–water partition coefficient (Wildman–Crippen LogP) is 2.75. The fourth-order valence-corrected chi connectivity index (χ4v) is 3.13. The molecule has 1 N–H and O–H groups in total. The Morgan fingerprint density at radius 2 is 1.50 bits per heavy atom. The Morgan fingerprint density at radius 1 is 1.03 bits per heavy atom. The normalized spacial score (nSPS) is 14.8. The molecule has 30 heavy (non-hydrogen) atoms. The van der Waals surface area contributed by atoms with E-state index in [2.05, 4.69) is 9.50 Å². The van der Waals surface area contributed by atoms with E-state index in [1.165, 1.54) is 0 Å². The molecule has 1 aromatic carbocycles. The van der Waals surface area contributed by atoms with Crippen molar-refractivity contribution in [3.63, 3.8) is 0 Å². The average Bonchev–Trinajstić information content (AvgIpc) is 2.60. The van der Waals surface area contributed by atoms with Crippen molar-refractivity contribution in [1.29, 1.82) is 0 Å². The standard InChI is InChI=1S/C14H15F6NO7S2/c1-3-8(2)11(22)21-9-4-6-10(7-5-9)28-30(26,27)14(19,20)12(15,16)13(17,18)29(23,24)25/h4-8H,3H2,1-2H3,(H,21,22)(H,23,24,25)/p-1. The molecule has 8 nitrogen and oxygen atoms in total. The van der Waals surface area contributed by atoms with Gasteiger partial charge in [0.05, 0.1) is 0 Å². The summed E-state index contributed by atoms with van der Waals surface area (Å²) < 4.78 is 138. The molecule has 172 valence electrons. The van der Waals surface area contributed by atoms with Crippen molar-refractivity contribution in [2.45, 2.75) is 36.7 Å². The highest BCUT2D eigenvalue weighted by Crippen LogP contribution is 2.50. The fourth-order valence-electron chi connectivity index (χ4n) is 1.71. The van der Waals surface area contributed by atoms with E-state index in [4.69, 9.17) is 0 Å². The minimum absolute atomic E-state index is 0.0334. The number of hydrogen-bond donors (Lipinski definition) is 1. The lowest BCUT2D eigenvalue weighted by Crippen LogP contribution is -2.61. The number of benzene rings is 1. The predicted molar refractivity (Wildman–Crippen MR) is 88.6 cm³/mol. The molecule has 1 rings (SSSR count). The lowest BCUT2D eigenvalue weighted by atomic mass is 10.1. The maximum Gasteiger partial charge on any atom is 0.450 e. The van der Waals surface area contributed by atoms with Crippen LogP contribution in [-0.4, -0.2) is 43.7 Å². The first-order valence-corrected chi connectivity index (χ1v) is 10.6. The van der Waals surface area contributed by atoms with Crippen LogP contribution in [0, 0.1) is 5.92 Å². The van der Waals surface area contributed by atoms with Crippen LogP contribution >= 0.6 is 0 Å². The van der Waals surface area contributed by atoms with Crippen LogP contribution in [0.4, 0.5) is 32.0 Å². The first kappa shape index (κ1) is 26.0. The third-order valence-corrected chi connectivity index (χ3v) is 5.93. The van der Waals surface area contributed by atoms with E-state index < -0.39 is 54.2 Å². The van der Waals surface area contributed by atoms with E-state index >= 15 is 0 Å². The van der Waals surface area contributed by atoms with Gasteiger partial charge in [-0.15, -0.1) is 0 Å². The van der Waals surface area contributed by atoms with Gasteiger partial charge in [-0.3, -0.25) is 4.79 Å². The molecular weight excluding hydrogens is 472 g/mol. The quantitative estimate of drug-likeness (QED) is 0.323. The number of halogens is 6. The number of carbonyl (C=O) groups is 1. The minimum Gasteiger partial charge on any atom is -0.743 e. The minimum atomic E-state index is -7.38. The van der Waals surface area contributed by atoms with Crippen LogP contribution in [0.25, 0.3) is 0 Å². The van der Waals surface area contributed by atoms with Crippen molar-refractivity contribution in [2.75, 3.05) is 5.32 Å². The number of anilines is 1. The maximum absolute atomic E-state index is 13.7. The van der Waals surface area contributed by atoms with Gasteiger partial charge in [0.25, 0.3) is 0 Å². The largest absolute Gasteiger partial charge is 0.743 e. The number of nitrogens with one attached hydrogen (secondary N) is 1. The van der Waals surface area contributed by atoms with Gasteiger partial charge in [-0.1, -0.05) is 13.8 Å². The third kappa shape index (κ3) is 4.64. The Bertz CT molecular complexity index is 994. The molecule has 0 aliphatic heterocycles. The zero-order chi connectivity index (χ0) is 23.8. The van der Waals surface area contributed by atoms with Crippen LogP contribution in [0.2, 0.25) is 0 Å². The van der Waals surface area contributed by atoms with Crippen molar-refractivity contribution in [3.8, 4) is 5.75 Å². The number of alkyl halides is 6. The lowest BCUT2D eigenvalue weighted by molar-refractivity contribution is -0.247. The van der Waals surface area contributed by atoms with Crippen LogP contribution in [-0.2, 0) is 25.0 Å². The first-order chi connectivity index (χ1) is 13.3. The van der Waals surface area contributed by atoms with Gasteiger partial charge < -0.3 is 14.1 Å². The Hall–Kier alpha value is -2.07. The van der Waals surface area contributed by atoms with Crippen LogP contribution in [0.5, 0.6) is 5.75 Å². The fraction of sp³-hybridized carbons (Fsp3) is 0.500. The van der Waals surface area contributed by atoms with E-state index in [0.29, 0.717) is 18.6 Å². The Balaban J connectivity index is 3.17. The smallest absolute Gasteiger partial charge is 0.450 e. The van der Waals surface area contributed by atoms with Crippen molar-refractivity contribution >= 4 is 31.8 Å². The van der Waals surface area contributed by atoms with Gasteiger partial charge >= 0.3 is 26.5 Å². The summed E-state index contributed by atoms with van der Waals surface area (Å²) in [5, 5.41) is -11.4. The summed E-state index contributed by atoms with van der Waals surface area (Å²) >= 11 is 0. The van der Waals surface area contributed by atoms with Gasteiger partial charge in [0.15, 0.2) is 10.1 Å². The van der Waals surface area contributed by atoms with E-state index in [0.717, 1.165) is 12.1 Å². The SMILES string of the molecule is CCC(C)C(=O)Nc1ccc(OS(=O)(=O)C(F)(F)C(F)(F)C(F)(F)S(=O)(=O)[O-])cc1. The summed E-state index contributed by atoms with van der Waals surface area (Å²) in [5.74, 6) is -9.09. The summed E-state index contributed by atoms with van der Waals surface area (Å²) in [5.41, 5.74) is 0.0334. The Labute approximate surface area is 167 Å². The zero-order valence-corrected chi connectivity index (χ0v) is 16.7. The molecule has 0 aliphatic rings. The lowest BCUT2D eigenvalue weighted by Gasteiger charge is -2.32. The maximum atomic E-state index is 13.7. The number of amides is 1. The second-order valence-electron chi connectivity index (χ2n) is 5.92. The highest BCUT2D eigenvalue weighted by Gasteiger charge is 2.81. The second kappa shape index (κ2) is 8.22. The van der Waals surface area contributed by atoms with Gasteiger partial charge in [-0.2, -0.15) is 34.8 Å². The number of carbonyl (C=O) groups excluding carboxylic acids is 1. The van der Waals surface area contributed by atoms with E-state index in [9.17, 15) is 52.5 Å². The molecule has 1 amide bonds. The van der Waals surface area contributed by atoms with E-state index in [1.807, 2.05) is 0 Å². The van der Waals surface area contributed by atoms with Crippen molar-refractivity contribution in [1.82, 2.24) is 0 Å². The monoisotopic (exact) mass is 486 g/mol. The molecule has 0 aromatic heterocycles. The molecule has 16 heteroatoms. The average molecular weight is 486 g/mol. The highest BCUT2D eigenvalue weighted by atomic mass is 32.2. The highest BCUT2D eigenvalue weighted by molar-refractivity contribution is 7.88. The number of rotatable bonds is 9. The van der Waals surface area contributed by atoms with Gasteiger partial charge in [0.2, 0.25) is 5.91 Å². The number of hydrogen-bond acceptors (Lipinski definition) is 7. The molecular formula is C14H14F6NO7S2-. The summed E-state index contributed by atoms with van der Waals surface area (Å²) in [7, 11) is -14.3. The Kier molecular flexibility index (Phi) is 7.12. The first-order valence-electron chi connectivity index (χ1n) is 7.75. The molecule has 1 atom stereocenters. The molecule has 0 saturated carbocycles. The molecule has 1 unspecified atom stereocenters. The van der Waals surface area contributed by atoms with Crippen molar-refractivity contribution < 1.29 is 56.7 Å². The second-order valence-corrected chi connectivity index (χ2v) is 8.93. The van der Waals surface area contributed by atoms with Crippen LogP contribution in [0.3, 0.4) is 0 Å². The summed E-state index contributed by atoms with van der Waals surface area (Å²) in [6.45, 7) is 3.29. The molecule has 0 saturated heterocycles. The molecule has 0 aliphatic carbocycles. The van der Waals surface area contributed by atoms with Gasteiger partial charge in [-0.05, 0) is 30.7 Å².